The van der Waals surface area contributed by atoms with Crippen molar-refractivity contribution in [2.75, 3.05) is 24.6 Å². The van der Waals surface area contributed by atoms with Gasteiger partial charge >= 0.3 is 6.18 Å². The molecule has 1 amide bonds. The summed E-state index contributed by atoms with van der Waals surface area (Å²) in [5.74, 6) is 0.0305. The van der Waals surface area contributed by atoms with Crippen LogP contribution in [0.1, 0.15) is 19.8 Å². The zero-order valence-corrected chi connectivity index (χ0v) is 12.7. The van der Waals surface area contributed by atoms with Crippen LogP contribution in [-0.2, 0) is 9.53 Å². The van der Waals surface area contributed by atoms with Crippen LogP contribution < -0.4 is 10.2 Å². The van der Waals surface area contributed by atoms with Gasteiger partial charge in [-0.25, -0.2) is 9.97 Å². The lowest BCUT2D eigenvalue weighted by Gasteiger charge is -2.33. The van der Waals surface area contributed by atoms with E-state index >= 15 is 0 Å². The predicted octanol–water partition coefficient (Wildman–Crippen LogP) is 1.53. The number of carbonyl (C=O) groups is 1. The van der Waals surface area contributed by atoms with E-state index in [4.69, 9.17) is 0 Å². The summed E-state index contributed by atoms with van der Waals surface area (Å²) in [6, 6.07) is 1.55. The Kier molecular flexibility index (Phi) is 5.75. The molecule has 2 heterocycles. The van der Waals surface area contributed by atoms with Gasteiger partial charge in [0.25, 0.3) is 0 Å². The highest BCUT2D eigenvalue weighted by Gasteiger charge is 2.31. The fraction of sp³-hybridized carbons (Fsp3) is 0.643. The lowest BCUT2D eigenvalue weighted by atomic mass is 10.1. The smallest absolute Gasteiger partial charge is 0.359 e. The zero-order chi connectivity index (χ0) is 16.9. The average Bonchev–Trinajstić information content (AvgIpc) is 2.53. The van der Waals surface area contributed by atoms with Gasteiger partial charge in [-0.1, -0.05) is 0 Å². The Balaban J connectivity index is 1.83. The van der Waals surface area contributed by atoms with Crippen LogP contribution in [-0.4, -0.2) is 53.9 Å². The van der Waals surface area contributed by atoms with Crippen molar-refractivity contribution >= 4 is 11.9 Å². The number of hydrogen-bond donors (Lipinski definition) is 1. The second-order valence-corrected chi connectivity index (χ2v) is 5.41. The van der Waals surface area contributed by atoms with Crippen molar-refractivity contribution in [1.82, 2.24) is 15.3 Å². The molecule has 1 N–H and O–H groups in total. The van der Waals surface area contributed by atoms with Crippen LogP contribution in [0.3, 0.4) is 0 Å². The van der Waals surface area contributed by atoms with Crippen molar-refractivity contribution in [3.05, 3.63) is 18.5 Å². The fourth-order valence-corrected chi connectivity index (χ4v) is 2.34. The molecule has 0 aromatic carbocycles. The standard InChI is InChI=1S/C14H19F3N4O2/c1-10(23-9-14(15,16)17)12(22)20-11-4-2-7-21(8-11)13-18-5-3-6-19-13/h3,5-6,10-11H,2,4,7-9H2,1H3,(H,20,22)/t10-,11-/m1/s1. The molecule has 128 valence electrons. The second kappa shape index (κ2) is 7.58. The van der Waals surface area contributed by atoms with Crippen molar-refractivity contribution in [2.24, 2.45) is 0 Å². The first-order valence-electron chi connectivity index (χ1n) is 7.36. The Hall–Kier alpha value is -1.90. The number of amides is 1. The molecule has 1 aliphatic heterocycles. The average molecular weight is 332 g/mol. The minimum atomic E-state index is -4.44. The molecule has 0 bridgehead atoms. The molecule has 0 unspecified atom stereocenters. The summed E-state index contributed by atoms with van der Waals surface area (Å²) >= 11 is 0. The number of nitrogens with one attached hydrogen (secondary N) is 1. The maximum atomic E-state index is 12.1. The van der Waals surface area contributed by atoms with Crippen molar-refractivity contribution in [3.8, 4) is 0 Å². The van der Waals surface area contributed by atoms with Gasteiger partial charge in [0.15, 0.2) is 0 Å². The van der Waals surface area contributed by atoms with Crippen LogP contribution in [0.4, 0.5) is 19.1 Å². The number of rotatable bonds is 5. The minimum absolute atomic E-state index is 0.169. The Morgan fingerprint density at radius 1 is 1.48 bits per heavy atom. The molecule has 0 saturated carbocycles. The number of piperidine rings is 1. The molecule has 1 saturated heterocycles. The van der Waals surface area contributed by atoms with Gasteiger partial charge in [0.1, 0.15) is 12.7 Å². The van der Waals surface area contributed by atoms with E-state index in [0.717, 1.165) is 19.4 Å². The van der Waals surface area contributed by atoms with Gasteiger partial charge in [0.05, 0.1) is 0 Å². The van der Waals surface area contributed by atoms with Crippen LogP contribution in [0.2, 0.25) is 0 Å². The van der Waals surface area contributed by atoms with E-state index < -0.39 is 24.8 Å². The van der Waals surface area contributed by atoms with E-state index in [1.807, 2.05) is 4.90 Å². The number of hydrogen-bond acceptors (Lipinski definition) is 5. The van der Waals surface area contributed by atoms with Gasteiger partial charge in [0.2, 0.25) is 11.9 Å². The Morgan fingerprint density at radius 3 is 2.83 bits per heavy atom. The fourth-order valence-electron chi connectivity index (χ4n) is 2.34. The van der Waals surface area contributed by atoms with Gasteiger partial charge < -0.3 is 15.0 Å². The molecular formula is C14H19F3N4O2. The maximum Gasteiger partial charge on any atom is 0.411 e. The van der Waals surface area contributed by atoms with Crippen molar-refractivity contribution in [1.29, 1.82) is 0 Å². The summed E-state index contributed by atoms with van der Waals surface area (Å²) in [6.07, 6.45) is -0.738. The minimum Gasteiger partial charge on any atom is -0.359 e. The van der Waals surface area contributed by atoms with Crippen LogP contribution in [0.25, 0.3) is 0 Å². The first-order chi connectivity index (χ1) is 10.8. The highest BCUT2D eigenvalue weighted by atomic mass is 19.4. The van der Waals surface area contributed by atoms with Gasteiger partial charge in [-0.15, -0.1) is 0 Å². The third-order valence-corrected chi connectivity index (χ3v) is 3.47. The molecule has 2 rings (SSSR count). The summed E-state index contributed by atoms with van der Waals surface area (Å²) in [5.41, 5.74) is 0. The lowest BCUT2D eigenvalue weighted by molar-refractivity contribution is -0.185. The summed E-state index contributed by atoms with van der Waals surface area (Å²) < 4.78 is 40.8. The van der Waals surface area contributed by atoms with E-state index in [1.165, 1.54) is 6.92 Å². The lowest BCUT2D eigenvalue weighted by Crippen LogP contribution is -2.50. The topological polar surface area (TPSA) is 67.3 Å². The molecule has 1 aromatic rings. The summed E-state index contributed by atoms with van der Waals surface area (Å²) in [4.78, 5) is 22.2. The van der Waals surface area contributed by atoms with Crippen molar-refractivity contribution in [3.63, 3.8) is 0 Å². The van der Waals surface area contributed by atoms with Gasteiger partial charge in [0, 0.05) is 31.5 Å². The normalized spacial score (nSPS) is 20.2. The second-order valence-electron chi connectivity index (χ2n) is 5.41. The van der Waals surface area contributed by atoms with Crippen LogP contribution >= 0.6 is 0 Å². The maximum absolute atomic E-state index is 12.1. The summed E-state index contributed by atoms with van der Waals surface area (Å²) in [5, 5.41) is 2.73. The van der Waals surface area contributed by atoms with E-state index in [9.17, 15) is 18.0 Å². The molecule has 23 heavy (non-hydrogen) atoms. The van der Waals surface area contributed by atoms with Gasteiger partial charge in [-0.2, -0.15) is 13.2 Å². The third kappa shape index (κ3) is 5.66. The van der Waals surface area contributed by atoms with E-state index in [0.29, 0.717) is 12.5 Å². The summed E-state index contributed by atoms with van der Waals surface area (Å²) in [6.45, 7) is 1.16. The van der Waals surface area contributed by atoms with Gasteiger partial charge in [-0.05, 0) is 25.8 Å². The largest absolute Gasteiger partial charge is 0.411 e. The Bertz CT molecular complexity index is 512. The van der Waals surface area contributed by atoms with Crippen molar-refractivity contribution < 1.29 is 22.7 Å². The Morgan fingerprint density at radius 2 is 2.17 bits per heavy atom. The molecule has 0 aliphatic carbocycles. The van der Waals surface area contributed by atoms with Crippen molar-refractivity contribution in [2.45, 2.75) is 38.1 Å². The van der Waals surface area contributed by atoms with Crippen LogP contribution in [0.5, 0.6) is 0 Å². The molecule has 0 radical (unpaired) electrons. The number of ether oxygens (including phenoxy) is 1. The number of nitrogens with zero attached hydrogens (tertiary/aromatic N) is 3. The van der Waals surface area contributed by atoms with E-state index in [-0.39, 0.29) is 6.04 Å². The highest BCUT2D eigenvalue weighted by Crippen LogP contribution is 2.17. The molecule has 6 nitrogen and oxygen atoms in total. The number of halogens is 3. The van der Waals surface area contributed by atoms with Crippen LogP contribution in [0, 0.1) is 0 Å². The number of carbonyl (C=O) groups excluding carboxylic acids is 1. The molecule has 9 heteroatoms. The zero-order valence-electron chi connectivity index (χ0n) is 12.7. The molecule has 0 spiro atoms. The van der Waals surface area contributed by atoms with Gasteiger partial charge in [-0.3, -0.25) is 4.79 Å². The third-order valence-electron chi connectivity index (χ3n) is 3.47. The number of anilines is 1. The first kappa shape index (κ1) is 17.5. The molecular weight excluding hydrogens is 313 g/mol. The highest BCUT2D eigenvalue weighted by molar-refractivity contribution is 5.80. The molecule has 1 fully saturated rings. The molecule has 2 atom stereocenters. The molecule has 1 aromatic heterocycles. The predicted molar refractivity (Wildman–Crippen MR) is 76.9 cm³/mol. The molecule has 1 aliphatic rings. The van der Waals surface area contributed by atoms with Crippen LogP contribution in [0.15, 0.2) is 18.5 Å². The monoisotopic (exact) mass is 332 g/mol. The summed E-state index contributed by atoms with van der Waals surface area (Å²) in [7, 11) is 0. The van der Waals surface area contributed by atoms with E-state index in [2.05, 4.69) is 20.0 Å². The number of alkyl halides is 3. The Labute approximate surface area is 132 Å². The quantitative estimate of drug-likeness (QED) is 0.886. The number of aromatic nitrogens is 2. The van der Waals surface area contributed by atoms with E-state index in [1.54, 1.807) is 18.5 Å². The SMILES string of the molecule is C[C@@H](OCC(F)(F)F)C(=O)N[C@@H]1CCCN(c2ncccn2)C1. The first-order valence-corrected chi connectivity index (χ1v) is 7.36.